The predicted molar refractivity (Wildman–Crippen MR) is 187 cm³/mol. The van der Waals surface area contributed by atoms with Crippen molar-refractivity contribution >= 4 is 54.3 Å². The van der Waals surface area contributed by atoms with E-state index in [1.807, 2.05) is 42.5 Å². The molecule has 1 saturated carbocycles. The third kappa shape index (κ3) is 4.07. The van der Waals surface area contributed by atoms with Crippen LogP contribution in [0.5, 0.6) is 0 Å². The Morgan fingerprint density at radius 2 is 1.30 bits per heavy atom. The maximum Gasteiger partial charge on any atom is 0.136 e. The quantitative estimate of drug-likeness (QED) is 0.189. The number of rotatable bonds is 4. The van der Waals surface area contributed by atoms with Crippen LogP contribution in [0.4, 0.5) is 0 Å². The molecule has 1 fully saturated rings. The lowest BCUT2D eigenvalue weighted by Crippen LogP contribution is -2.10. The summed E-state index contributed by atoms with van der Waals surface area (Å²) in [4.78, 5) is 0. The standard InChI is InChI=1S/C43H34O/c1-2-12-28(13-3-1)26-39-33-17-6-8-19-35(33)42(36-20-9-7-18-34(36)39)30-24-25-38-41(27-30)44-40-23-11-22-37(43(38)40)32-21-10-15-29-14-4-5-16-31(29)32/h4-11,14-25,27-28H,1-3,12-13,26H2/i1D,2D,3D,6D,7D,8D,9D,12D,13D,17D,18D,19D,20D. The highest BCUT2D eigenvalue weighted by Gasteiger charge is 2.21. The van der Waals surface area contributed by atoms with Crippen molar-refractivity contribution in [1.29, 1.82) is 0 Å². The zero-order valence-electron chi connectivity index (χ0n) is 36.6. The first-order valence-corrected chi connectivity index (χ1v) is 14.7. The number of furan rings is 1. The molecule has 0 bridgehead atoms. The van der Waals surface area contributed by atoms with Gasteiger partial charge in [0.15, 0.2) is 0 Å². The van der Waals surface area contributed by atoms with Crippen molar-refractivity contribution < 1.29 is 22.2 Å². The van der Waals surface area contributed by atoms with Gasteiger partial charge in [0, 0.05) is 17.6 Å². The molecule has 0 spiro atoms. The molecular formula is C43H34O. The highest BCUT2D eigenvalue weighted by atomic mass is 16.3. The number of hydrogen-bond acceptors (Lipinski definition) is 1. The second-order valence-electron chi connectivity index (χ2n) is 11.2. The minimum Gasteiger partial charge on any atom is -0.456 e. The molecule has 1 aliphatic carbocycles. The van der Waals surface area contributed by atoms with Gasteiger partial charge < -0.3 is 4.42 Å². The van der Waals surface area contributed by atoms with Crippen molar-refractivity contribution in [3.63, 3.8) is 0 Å². The van der Waals surface area contributed by atoms with Crippen LogP contribution in [-0.4, -0.2) is 0 Å². The smallest absolute Gasteiger partial charge is 0.136 e. The summed E-state index contributed by atoms with van der Waals surface area (Å²) in [6, 6.07) is 21.4. The van der Waals surface area contributed by atoms with E-state index in [1.54, 1.807) is 12.1 Å². The van der Waals surface area contributed by atoms with Crippen molar-refractivity contribution in [1.82, 2.24) is 0 Å². The van der Waals surface area contributed by atoms with Gasteiger partial charge in [0.05, 0.1) is 11.0 Å². The lowest BCUT2D eigenvalue weighted by atomic mass is 9.80. The van der Waals surface area contributed by atoms with Gasteiger partial charge in [-0.05, 0) is 90.7 Å². The third-order valence-corrected chi connectivity index (χ3v) is 8.72. The van der Waals surface area contributed by atoms with E-state index >= 15 is 0 Å². The molecule has 0 saturated heterocycles. The van der Waals surface area contributed by atoms with Crippen LogP contribution in [0.1, 0.15) is 55.4 Å². The van der Waals surface area contributed by atoms with E-state index in [2.05, 4.69) is 24.3 Å². The van der Waals surface area contributed by atoms with Crippen molar-refractivity contribution in [2.24, 2.45) is 5.92 Å². The van der Waals surface area contributed by atoms with Gasteiger partial charge in [0.25, 0.3) is 0 Å². The maximum absolute atomic E-state index is 9.27. The zero-order valence-corrected chi connectivity index (χ0v) is 23.6. The molecule has 0 radical (unpaired) electrons. The molecule has 7 aromatic carbocycles. The van der Waals surface area contributed by atoms with Crippen molar-refractivity contribution in [2.45, 2.75) is 38.4 Å². The van der Waals surface area contributed by atoms with Gasteiger partial charge in [0.1, 0.15) is 11.2 Å². The normalized spacial score (nSPS) is 28.1. The van der Waals surface area contributed by atoms with E-state index in [-0.39, 0.29) is 39.1 Å². The van der Waals surface area contributed by atoms with Gasteiger partial charge in [0.2, 0.25) is 0 Å². The number of fused-ring (bicyclic) bond motifs is 6. The van der Waals surface area contributed by atoms with E-state index < -0.39 is 86.2 Å². The van der Waals surface area contributed by atoms with Crippen molar-refractivity contribution in [3.8, 4) is 22.3 Å². The Morgan fingerprint density at radius 1 is 0.614 bits per heavy atom. The monoisotopic (exact) mass is 579 g/mol. The average molecular weight is 580 g/mol. The fourth-order valence-corrected chi connectivity index (χ4v) is 6.78. The molecule has 212 valence electrons. The Bertz CT molecular complexity index is 2890. The summed E-state index contributed by atoms with van der Waals surface area (Å²) in [5.41, 5.74) is 3.65. The average Bonchev–Trinajstić information content (AvgIpc) is 3.60. The van der Waals surface area contributed by atoms with Crippen LogP contribution in [0.25, 0.3) is 76.5 Å². The molecule has 1 heterocycles. The fraction of sp³-hybridized carbons (Fsp3) is 0.163. The first kappa shape index (κ1) is 15.7. The van der Waals surface area contributed by atoms with E-state index in [1.165, 1.54) is 0 Å². The van der Waals surface area contributed by atoms with Gasteiger partial charge in [-0.15, -0.1) is 0 Å². The van der Waals surface area contributed by atoms with E-state index in [0.29, 0.717) is 16.7 Å². The molecule has 0 amide bonds. The largest absolute Gasteiger partial charge is 0.456 e. The van der Waals surface area contributed by atoms with Crippen molar-refractivity contribution in [2.75, 3.05) is 0 Å². The molecule has 4 unspecified atom stereocenters. The molecule has 0 N–H and O–H groups in total. The lowest BCUT2D eigenvalue weighted by Gasteiger charge is -2.24. The second kappa shape index (κ2) is 10.4. The Labute approximate surface area is 276 Å². The molecule has 0 aliphatic heterocycles. The topological polar surface area (TPSA) is 13.1 Å². The maximum atomic E-state index is 9.27. The number of benzene rings is 7. The van der Waals surface area contributed by atoms with Crippen LogP contribution < -0.4 is 0 Å². The lowest BCUT2D eigenvalue weighted by molar-refractivity contribution is 0.358. The predicted octanol–water partition coefficient (Wildman–Crippen LogP) is 12.5. The first-order chi connectivity index (χ1) is 27.2. The number of hydrogen-bond donors (Lipinski definition) is 0. The Hall–Kier alpha value is -4.88. The van der Waals surface area contributed by atoms with Crippen LogP contribution in [0.3, 0.4) is 0 Å². The minimum absolute atomic E-state index is 0.00233. The van der Waals surface area contributed by atoms with Gasteiger partial charge >= 0.3 is 0 Å². The second-order valence-corrected chi connectivity index (χ2v) is 11.2. The molecular weight excluding hydrogens is 532 g/mol. The molecule has 8 aromatic rings. The van der Waals surface area contributed by atoms with Gasteiger partial charge in [-0.25, -0.2) is 0 Å². The SMILES string of the molecule is [2H]c1c([2H])c([2H])c2c(-c3ccc4c(c3)oc3cccc(-c5cccc6ccccc56)c34)c3c([2H])c([2H])c([2H])c([2H])c3c(CC3C([2H])C([2H])C([2H])C([2H])C3[2H])c2c1[2H]. The Kier molecular flexibility index (Phi) is 3.71. The van der Waals surface area contributed by atoms with Gasteiger partial charge in [-0.3, -0.25) is 0 Å². The molecule has 9 rings (SSSR count). The van der Waals surface area contributed by atoms with Gasteiger partial charge in [-0.1, -0.05) is 141 Å². The summed E-state index contributed by atoms with van der Waals surface area (Å²) >= 11 is 0. The molecule has 1 aromatic heterocycles. The Morgan fingerprint density at radius 3 is 2.09 bits per heavy atom. The molecule has 1 aliphatic rings. The molecule has 4 atom stereocenters. The molecule has 1 nitrogen and oxygen atoms in total. The van der Waals surface area contributed by atoms with E-state index in [4.69, 9.17) is 16.8 Å². The third-order valence-electron chi connectivity index (χ3n) is 8.72. The Balaban J connectivity index is 1.37. The fourth-order valence-electron chi connectivity index (χ4n) is 6.78. The highest BCUT2D eigenvalue weighted by Crippen LogP contribution is 2.44. The zero-order chi connectivity index (χ0) is 40.3. The van der Waals surface area contributed by atoms with Crippen LogP contribution in [0.2, 0.25) is 0 Å². The van der Waals surface area contributed by atoms with Crippen molar-refractivity contribution in [3.05, 3.63) is 133 Å². The first-order valence-electron chi connectivity index (χ1n) is 21.6. The van der Waals surface area contributed by atoms with Crippen LogP contribution in [-0.2, 0) is 6.42 Å². The highest BCUT2D eigenvalue weighted by molar-refractivity contribution is 6.18. The summed E-state index contributed by atoms with van der Waals surface area (Å²) in [7, 11) is 0. The summed E-state index contributed by atoms with van der Waals surface area (Å²) in [5.74, 6) is -1.05. The van der Waals surface area contributed by atoms with Crippen LogP contribution in [0, 0.1) is 5.92 Å². The molecule has 1 heteroatoms. The summed E-state index contributed by atoms with van der Waals surface area (Å²) in [5, 5.41) is 3.75. The van der Waals surface area contributed by atoms with Gasteiger partial charge in [-0.2, -0.15) is 0 Å². The van der Waals surface area contributed by atoms with Crippen LogP contribution in [0.15, 0.2) is 132 Å². The summed E-state index contributed by atoms with van der Waals surface area (Å²) in [6.07, 6.45) is -6.83. The van der Waals surface area contributed by atoms with E-state index in [9.17, 15) is 5.48 Å². The minimum atomic E-state index is -1.32. The summed E-state index contributed by atoms with van der Waals surface area (Å²) < 4.78 is 121. The van der Waals surface area contributed by atoms with Crippen LogP contribution >= 0.6 is 0 Å². The van der Waals surface area contributed by atoms with E-state index in [0.717, 1.165) is 32.7 Å². The molecule has 44 heavy (non-hydrogen) atoms. The summed E-state index contributed by atoms with van der Waals surface area (Å²) in [6.45, 7) is 0.